The normalized spacial score (nSPS) is 24.4. The van der Waals surface area contributed by atoms with E-state index in [1.165, 1.54) is 31.3 Å². The van der Waals surface area contributed by atoms with E-state index >= 15 is 4.39 Å². The molecule has 168 valence electrons. The Hall–Kier alpha value is -2.38. The molecule has 1 saturated heterocycles. The van der Waals surface area contributed by atoms with E-state index in [1.54, 1.807) is 0 Å². The van der Waals surface area contributed by atoms with E-state index in [9.17, 15) is 13.2 Å². The number of alkyl halides is 3. The minimum Gasteiger partial charge on any atom is -0.367 e. The molecule has 31 heavy (non-hydrogen) atoms. The second-order valence-corrected chi connectivity index (χ2v) is 8.84. The molecule has 1 aliphatic carbocycles. The van der Waals surface area contributed by atoms with Crippen LogP contribution >= 0.6 is 0 Å². The van der Waals surface area contributed by atoms with E-state index in [-0.39, 0.29) is 17.7 Å². The highest BCUT2D eigenvalue weighted by Crippen LogP contribution is 2.38. The predicted octanol–water partition coefficient (Wildman–Crippen LogP) is 6.21. The largest absolute Gasteiger partial charge is 0.416 e. The zero-order valence-electron chi connectivity index (χ0n) is 17.6. The number of halogens is 4. The topological polar surface area (TPSA) is 41.1 Å². The van der Waals surface area contributed by atoms with Crippen LogP contribution in [0.5, 0.6) is 0 Å². The van der Waals surface area contributed by atoms with Crippen LogP contribution in [-0.2, 0) is 6.18 Å². The Bertz CT molecular complexity index is 876. The highest BCUT2D eigenvalue weighted by molar-refractivity contribution is 5.53. The van der Waals surface area contributed by atoms with Crippen molar-refractivity contribution in [2.24, 2.45) is 11.8 Å². The molecule has 1 N–H and O–H groups in total. The molecular formula is C23H28F4N4. The summed E-state index contributed by atoms with van der Waals surface area (Å²) in [4.78, 5) is 10.1. The van der Waals surface area contributed by atoms with Gasteiger partial charge in [0.2, 0.25) is 5.82 Å². The first-order valence-electron chi connectivity index (χ1n) is 11.0. The van der Waals surface area contributed by atoms with E-state index in [4.69, 9.17) is 0 Å². The van der Waals surface area contributed by atoms with Crippen LogP contribution in [0.2, 0.25) is 0 Å². The molecule has 1 aliphatic heterocycles. The van der Waals surface area contributed by atoms with Gasteiger partial charge in [0, 0.05) is 13.1 Å². The molecule has 8 heteroatoms. The zero-order chi connectivity index (χ0) is 22.0. The van der Waals surface area contributed by atoms with Crippen molar-refractivity contribution in [3.63, 3.8) is 0 Å². The number of hydrogen-bond donors (Lipinski definition) is 1. The number of aromatic nitrogens is 2. The van der Waals surface area contributed by atoms with Crippen molar-refractivity contribution in [3.8, 4) is 0 Å². The number of rotatable bonds is 5. The standard InChI is InChI=1S/C23H28F4N4/c1-15-4-6-16(7-5-15)13-28-21-20(24)22(30-14-29-21)31-12-2-3-19(31)17-8-10-18(11-9-17)23(25,26)27/h8-11,14-16,19H,2-7,12-13H2,1H3,(H,28,29,30). The fourth-order valence-electron chi connectivity index (χ4n) is 4.72. The quantitative estimate of drug-likeness (QED) is 0.566. The molecule has 4 rings (SSSR count). The van der Waals surface area contributed by atoms with Gasteiger partial charge in [-0.05, 0) is 55.2 Å². The molecule has 2 aromatic rings. The molecule has 1 atom stereocenters. The van der Waals surface area contributed by atoms with Crippen molar-refractivity contribution in [2.45, 2.75) is 57.7 Å². The van der Waals surface area contributed by atoms with Crippen molar-refractivity contribution in [1.29, 1.82) is 0 Å². The summed E-state index contributed by atoms with van der Waals surface area (Å²) in [6.45, 7) is 3.55. The molecule has 0 spiro atoms. The van der Waals surface area contributed by atoms with E-state index < -0.39 is 17.6 Å². The third-order valence-electron chi connectivity index (χ3n) is 6.61. The van der Waals surface area contributed by atoms with Crippen molar-refractivity contribution >= 4 is 11.6 Å². The Balaban J connectivity index is 1.48. The highest BCUT2D eigenvalue weighted by atomic mass is 19.4. The summed E-state index contributed by atoms with van der Waals surface area (Å²) >= 11 is 0. The van der Waals surface area contributed by atoms with Crippen LogP contribution in [0, 0.1) is 17.7 Å². The first kappa shape index (κ1) is 21.8. The summed E-state index contributed by atoms with van der Waals surface area (Å²) in [5.74, 6) is 1.18. The fraction of sp³-hybridized carbons (Fsp3) is 0.565. The lowest BCUT2D eigenvalue weighted by atomic mass is 9.83. The van der Waals surface area contributed by atoms with Crippen LogP contribution < -0.4 is 10.2 Å². The summed E-state index contributed by atoms with van der Waals surface area (Å²) in [5.41, 5.74) is 0.0481. The highest BCUT2D eigenvalue weighted by Gasteiger charge is 2.33. The van der Waals surface area contributed by atoms with Crippen molar-refractivity contribution in [1.82, 2.24) is 9.97 Å². The summed E-state index contributed by atoms with van der Waals surface area (Å²) in [6, 6.07) is 4.92. The first-order valence-corrected chi connectivity index (χ1v) is 11.0. The molecule has 1 saturated carbocycles. The van der Waals surface area contributed by atoms with Gasteiger partial charge in [-0.15, -0.1) is 0 Å². The second kappa shape index (κ2) is 9.01. The minimum atomic E-state index is -4.37. The second-order valence-electron chi connectivity index (χ2n) is 8.84. The molecule has 0 bridgehead atoms. The molecule has 1 aromatic carbocycles. The number of anilines is 2. The van der Waals surface area contributed by atoms with Gasteiger partial charge >= 0.3 is 6.18 Å². The molecular weight excluding hydrogens is 408 g/mol. The van der Waals surface area contributed by atoms with Crippen LogP contribution in [0.25, 0.3) is 0 Å². The van der Waals surface area contributed by atoms with Crippen LogP contribution in [0.1, 0.15) is 62.6 Å². The van der Waals surface area contributed by atoms with Crippen molar-refractivity contribution in [3.05, 3.63) is 47.5 Å². The molecule has 4 nitrogen and oxygen atoms in total. The fourth-order valence-corrected chi connectivity index (χ4v) is 4.72. The summed E-state index contributed by atoms with van der Waals surface area (Å²) in [5, 5.41) is 3.16. The average molecular weight is 436 g/mol. The summed E-state index contributed by atoms with van der Waals surface area (Å²) in [7, 11) is 0. The number of benzene rings is 1. The average Bonchev–Trinajstić information content (AvgIpc) is 3.23. The van der Waals surface area contributed by atoms with Gasteiger partial charge in [-0.1, -0.05) is 31.9 Å². The first-order chi connectivity index (χ1) is 14.8. The Morgan fingerprint density at radius 1 is 1.03 bits per heavy atom. The van der Waals surface area contributed by atoms with Gasteiger partial charge in [0.25, 0.3) is 0 Å². The van der Waals surface area contributed by atoms with Gasteiger partial charge < -0.3 is 10.2 Å². The van der Waals surface area contributed by atoms with Crippen LogP contribution in [0.15, 0.2) is 30.6 Å². The molecule has 1 unspecified atom stereocenters. The Morgan fingerprint density at radius 2 is 1.74 bits per heavy atom. The van der Waals surface area contributed by atoms with Gasteiger partial charge in [0.15, 0.2) is 11.6 Å². The Kier molecular flexibility index (Phi) is 6.34. The molecule has 0 amide bonds. The Labute approximate surface area is 180 Å². The third kappa shape index (κ3) is 4.93. The molecule has 0 radical (unpaired) electrons. The van der Waals surface area contributed by atoms with E-state index in [2.05, 4.69) is 22.2 Å². The van der Waals surface area contributed by atoms with Gasteiger partial charge in [-0.2, -0.15) is 17.6 Å². The molecule has 2 aliphatic rings. The van der Waals surface area contributed by atoms with Gasteiger partial charge in [-0.3, -0.25) is 0 Å². The maximum Gasteiger partial charge on any atom is 0.416 e. The number of hydrogen-bond acceptors (Lipinski definition) is 4. The molecule has 2 heterocycles. The maximum absolute atomic E-state index is 15.3. The minimum absolute atomic E-state index is 0.196. The van der Waals surface area contributed by atoms with Crippen molar-refractivity contribution < 1.29 is 17.6 Å². The predicted molar refractivity (Wildman–Crippen MR) is 112 cm³/mol. The van der Waals surface area contributed by atoms with Crippen molar-refractivity contribution in [2.75, 3.05) is 23.3 Å². The monoisotopic (exact) mass is 436 g/mol. The van der Waals surface area contributed by atoms with Gasteiger partial charge in [-0.25, -0.2) is 9.97 Å². The SMILES string of the molecule is CC1CCC(CNc2ncnc(N3CCCC3c3ccc(C(F)(F)F)cc3)c2F)CC1. The lowest BCUT2D eigenvalue weighted by Gasteiger charge is -2.28. The Morgan fingerprint density at radius 3 is 2.42 bits per heavy atom. The summed E-state index contributed by atoms with van der Waals surface area (Å²) < 4.78 is 53.9. The third-order valence-corrected chi connectivity index (χ3v) is 6.61. The van der Waals surface area contributed by atoms with E-state index in [1.807, 2.05) is 4.90 Å². The lowest BCUT2D eigenvalue weighted by molar-refractivity contribution is -0.137. The smallest absolute Gasteiger partial charge is 0.367 e. The zero-order valence-corrected chi connectivity index (χ0v) is 17.6. The van der Waals surface area contributed by atoms with Crippen LogP contribution in [-0.4, -0.2) is 23.1 Å². The maximum atomic E-state index is 15.3. The number of nitrogens with zero attached hydrogens (tertiary/aromatic N) is 3. The lowest BCUT2D eigenvalue weighted by Crippen LogP contribution is -2.26. The van der Waals surface area contributed by atoms with Gasteiger partial charge in [0.05, 0.1) is 11.6 Å². The van der Waals surface area contributed by atoms with E-state index in [0.29, 0.717) is 19.0 Å². The van der Waals surface area contributed by atoms with Crippen LogP contribution in [0.4, 0.5) is 29.2 Å². The van der Waals surface area contributed by atoms with E-state index in [0.717, 1.165) is 49.3 Å². The number of nitrogens with one attached hydrogen (secondary N) is 1. The molecule has 2 fully saturated rings. The summed E-state index contributed by atoms with van der Waals surface area (Å²) in [6.07, 6.45) is 3.20. The van der Waals surface area contributed by atoms with Crippen LogP contribution in [0.3, 0.4) is 0 Å². The van der Waals surface area contributed by atoms with Gasteiger partial charge in [0.1, 0.15) is 6.33 Å². The molecule has 1 aromatic heterocycles.